The standard InChI is InChI=1S/C23H20Cl2O4S/c1-15-10-20(7-9-22(15)29-13-23(26)27)30-14-16-2-5-19(6-3-16)28-12-17-11-18(24)4-8-21(17)25/h2-11H,12-14H2,1H3,(H,26,27). The number of carbonyl (C=O) groups is 1. The minimum atomic E-state index is -0.990. The van der Waals surface area contributed by atoms with E-state index in [1.54, 1.807) is 36.0 Å². The molecule has 0 saturated heterocycles. The van der Waals surface area contributed by atoms with Gasteiger partial charge in [-0.15, -0.1) is 11.8 Å². The molecule has 30 heavy (non-hydrogen) atoms. The Labute approximate surface area is 189 Å². The summed E-state index contributed by atoms with van der Waals surface area (Å²) in [7, 11) is 0. The van der Waals surface area contributed by atoms with E-state index in [0.29, 0.717) is 22.4 Å². The summed E-state index contributed by atoms with van der Waals surface area (Å²) in [5.74, 6) is 1.16. The van der Waals surface area contributed by atoms with Crippen LogP contribution in [0.5, 0.6) is 11.5 Å². The van der Waals surface area contributed by atoms with Crippen LogP contribution >= 0.6 is 35.0 Å². The number of thioether (sulfide) groups is 1. The van der Waals surface area contributed by atoms with Gasteiger partial charge >= 0.3 is 5.97 Å². The molecule has 0 bridgehead atoms. The Balaban J connectivity index is 1.52. The fraction of sp³-hybridized carbons (Fsp3) is 0.174. The van der Waals surface area contributed by atoms with Crippen molar-refractivity contribution in [3.63, 3.8) is 0 Å². The van der Waals surface area contributed by atoms with Gasteiger partial charge in [-0.05, 0) is 66.6 Å². The number of aliphatic carboxylic acids is 1. The monoisotopic (exact) mass is 462 g/mol. The molecule has 0 spiro atoms. The zero-order chi connectivity index (χ0) is 21.5. The number of carboxylic acid groups (broad SMARTS) is 1. The first-order valence-electron chi connectivity index (χ1n) is 9.14. The summed E-state index contributed by atoms with van der Waals surface area (Å²) in [6, 6.07) is 19.0. The molecule has 0 unspecified atom stereocenters. The minimum absolute atomic E-state index is 0.342. The van der Waals surface area contributed by atoms with Gasteiger partial charge in [0, 0.05) is 26.3 Å². The summed E-state index contributed by atoms with van der Waals surface area (Å²) in [4.78, 5) is 11.7. The van der Waals surface area contributed by atoms with E-state index in [0.717, 1.165) is 33.1 Å². The molecule has 0 heterocycles. The van der Waals surface area contributed by atoms with E-state index < -0.39 is 5.97 Å². The number of halogens is 2. The third kappa shape index (κ3) is 6.59. The van der Waals surface area contributed by atoms with Crippen molar-refractivity contribution in [3.8, 4) is 11.5 Å². The number of aryl methyl sites for hydroxylation is 1. The maximum Gasteiger partial charge on any atom is 0.341 e. The molecular formula is C23H20Cl2O4S. The van der Waals surface area contributed by atoms with Crippen molar-refractivity contribution in [1.29, 1.82) is 0 Å². The molecule has 0 fully saturated rings. The number of hydrogen-bond acceptors (Lipinski definition) is 4. The minimum Gasteiger partial charge on any atom is -0.489 e. The van der Waals surface area contributed by atoms with E-state index in [2.05, 4.69) is 0 Å². The molecule has 0 amide bonds. The normalized spacial score (nSPS) is 10.6. The van der Waals surface area contributed by atoms with Crippen LogP contribution in [0.4, 0.5) is 0 Å². The Morgan fingerprint density at radius 3 is 2.47 bits per heavy atom. The van der Waals surface area contributed by atoms with Crippen molar-refractivity contribution < 1.29 is 19.4 Å². The molecule has 0 saturated carbocycles. The van der Waals surface area contributed by atoms with Crippen LogP contribution in [0.15, 0.2) is 65.6 Å². The van der Waals surface area contributed by atoms with Crippen LogP contribution in [0.3, 0.4) is 0 Å². The van der Waals surface area contributed by atoms with Gasteiger partial charge in [-0.2, -0.15) is 0 Å². The SMILES string of the molecule is Cc1cc(SCc2ccc(OCc3cc(Cl)ccc3Cl)cc2)ccc1OCC(=O)O. The third-order valence-corrected chi connectivity index (χ3v) is 5.90. The molecule has 1 N–H and O–H groups in total. The molecule has 4 nitrogen and oxygen atoms in total. The zero-order valence-electron chi connectivity index (χ0n) is 16.2. The highest BCUT2D eigenvalue weighted by Crippen LogP contribution is 2.29. The second-order valence-electron chi connectivity index (χ2n) is 6.57. The van der Waals surface area contributed by atoms with Crippen LogP contribution in [0.1, 0.15) is 16.7 Å². The molecule has 3 rings (SSSR count). The molecule has 7 heteroatoms. The molecule has 0 aliphatic heterocycles. The smallest absolute Gasteiger partial charge is 0.341 e. The highest BCUT2D eigenvalue weighted by Gasteiger charge is 2.06. The van der Waals surface area contributed by atoms with E-state index in [4.69, 9.17) is 37.8 Å². The Morgan fingerprint density at radius 2 is 1.77 bits per heavy atom. The number of ether oxygens (including phenoxy) is 2. The first-order valence-corrected chi connectivity index (χ1v) is 10.9. The van der Waals surface area contributed by atoms with Gasteiger partial charge < -0.3 is 14.6 Å². The third-order valence-electron chi connectivity index (χ3n) is 4.23. The molecule has 156 valence electrons. The Kier molecular flexibility index (Phi) is 7.91. The topological polar surface area (TPSA) is 55.8 Å². The van der Waals surface area contributed by atoms with Crippen LogP contribution in [-0.2, 0) is 17.2 Å². The first-order chi connectivity index (χ1) is 14.4. The quantitative estimate of drug-likeness (QED) is 0.361. The van der Waals surface area contributed by atoms with Gasteiger partial charge in [0.05, 0.1) is 0 Å². The fourth-order valence-electron chi connectivity index (χ4n) is 2.68. The summed E-state index contributed by atoms with van der Waals surface area (Å²) in [6.07, 6.45) is 0. The summed E-state index contributed by atoms with van der Waals surface area (Å²) in [5, 5.41) is 9.97. The van der Waals surface area contributed by atoms with E-state index >= 15 is 0 Å². The molecular weight excluding hydrogens is 443 g/mol. The molecule has 0 aliphatic carbocycles. The molecule has 3 aromatic rings. The lowest BCUT2D eigenvalue weighted by atomic mass is 10.2. The van der Waals surface area contributed by atoms with Crippen LogP contribution in [0, 0.1) is 6.92 Å². The van der Waals surface area contributed by atoms with Crippen LogP contribution in [-0.4, -0.2) is 17.7 Å². The van der Waals surface area contributed by atoms with Crippen molar-refractivity contribution in [2.75, 3.05) is 6.61 Å². The summed E-state index contributed by atoms with van der Waals surface area (Å²) >= 11 is 13.9. The van der Waals surface area contributed by atoms with Gasteiger partial charge in [-0.25, -0.2) is 4.79 Å². The summed E-state index contributed by atoms with van der Waals surface area (Å²) in [5.41, 5.74) is 2.91. The summed E-state index contributed by atoms with van der Waals surface area (Å²) in [6.45, 7) is 1.91. The van der Waals surface area contributed by atoms with Crippen LogP contribution in [0.25, 0.3) is 0 Å². The Morgan fingerprint density at radius 1 is 1.00 bits per heavy atom. The van der Waals surface area contributed by atoms with Gasteiger partial charge in [-0.3, -0.25) is 0 Å². The molecule has 0 aromatic heterocycles. The van der Waals surface area contributed by atoms with Crippen molar-refractivity contribution in [2.24, 2.45) is 0 Å². The number of carboxylic acids is 1. The Hall–Kier alpha value is -2.34. The zero-order valence-corrected chi connectivity index (χ0v) is 18.6. The lowest BCUT2D eigenvalue weighted by Gasteiger charge is -2.10. The highest BCUT2D eigenvalue weighted by molar-refractivity contribution is 7.98. The van der Waals surface area contributed by atoms with Gasteiger partial charge in [-0.1, -0.05) is 35.3 Å². The molecule has 3 aromatic carbocycles. The maximum absolute atomic E-state index is 10.6. The van der Waals surface area contributed by atoms with E-state index in [9.17, 15) is 4.79 Å². The van der Waals surface area contributed by atoms with Crippen molar-refractivity contribution in [3.05, 3.63) is 87.4 Å². The lowest BCUT2D eigenvalue weighted by molar-refractivity contribution is -0.139. The number of hydrogen-bond donors (Lipinski definition) is 1. The van der Waals surface area contributed by atoms with Crippen LogP contribution in [0.2, 0.25) is 10.0 Å². The highest BCUT2D eigenvalue weighted by atomic mass is 35.5. The maximum atomic E-state index is 10.6. The number of benzene rings is 3. The van der Waals surface area contributed by atoms with Crippen molar-refractivity contribution >= 4 is 40.9 Å². The second kappa shape index (κ2) is 10.6. The molecule has 0 atom stereocenters. The average Bonchev–Trinajstić information content (AvgIpc) is 2.73. The van der Waals surface area contributed by atoms with Gasteiger partial charge in [0.25, 0.3) is 0 Å². The largest absolute Gasteiger partial charge is 0.489 e. The van der Waals surface area contributed by atoms with Gasteiger partial charge in [0.15, 0.2) is 6.61 Å². The number of rotatable bonds is 9. The van der Waals surface area contributed by atoms with E-state index in [1.165, 1.54) is 0 Å². The van der Waals surface area contributed by atoms with E-state index in [1.807, 2.05) is 43.3 Å². The van der Waals surface area contributed by atoms with E-state index in [-0.39, 0.29) is 6.61 Å². The lowest BCUT2D eigenvalue weighted by Crippen LogP contribution is -2.09. The average molecular weight is 463 g/mol. The molecule has 0 aliphatic rings. The second-order valence-corrected chi connectivity index (χ2v) is 8.46. The first kappa shape index (κ1) is 22.3. The van der Waals surface area contributed by atoms with Crippen LogP contribution < -0.4 is 9.47 Å². The Bertz CT molecular complexity index is 1020. The fourth-order valence-corrected chi connectivity index (χ4v) is 3.99. The summed E-state index contributed by atoms with van der Waals surface area (Å²) < 4.78 is 11.1. The predicted molar refractivity (Wildman–Crippen MR) is 121 cm³/mol. The van der Waals surface area contributed by atoms with Gasteiger partial charge in [0.2, 0.25) is 0 Å². The van der Waals surface area contributed by atoms with Crippen molar-refractivity contribution in [1.82, 2.24) is 0 Å². The predicted octanol–water partition coefficient (Wildman–Crippen LogP) is 6.64. The van der Waals surface area contributed by atoms with Gasteiger partial charge in [0.1, 0.15) is 18.1 Å². The molecule has 0 radical (unpaired) electrons. The van der Waals surface area contributed by atoms with Crippen molar-refractivity contribution in [2.45, 2.75) is 24.2 Å².